The van der Waals surface area contributed by atoms with Crippen molar-refractivity contribution < 1.29 is 19.7 Å². The molecule has 0 aromatic heterocycles. The van der Waals surface area contributed by atoms with E-state index in [-0.39, 0.29) is 6.61 Å². The van der Waals surface area contributed by atoms with Gasteiger partial charge in [0.1, 0.15) is 6.10 Å². The average Bonchev–Trinajstić information content (AvgIpc) is 2.23. The summed E-state index contributed by atoms with van der Waals surface area (Å²) < 4.78 is 10.9. The summed E-state index contributed by atoms with van der Waals surface area (Å²) in [5.74, 6) is -1.24. The monoisotopic (exact) mass is 220 g/mol. The van der Waals surface area contributed by atoms with E-state index in [4.69, 9.17) is 9.47 Å². The average molecular weight is 220 g/mol. The van der Waals surface area contributed by atoms with Crippen LogP contribution in [0.25, 0.3) is 0 Å². The van der Waals surface area contributed by atoms with Gasteiger partial charge >= 0.3 is 0 Å². The molecule has 15 heavy (non-hydrogen) atoms. The largest absolute Gasteiger partial charge is 0.391 e. The molecule has 0 spiro atoms. The highest BCUT2D eigenvalue weighted by Crippen LogP contribution is 2.19. The predicted octanol–water partition coefficient (Wildman–Crippen LogP) is 1.30. The second-order valence-electron chi connectivity index (χ2n) is 3.70. The normalized spacial score (nSPS) is 17.4. The number of aliphatic hydroxyl groups excluding tert-OH is 2. The topological polar surface area (TPSA) is 58.9 Å². The minimum Gasteiger partial charge on any atom is -0.391 e. The predicted molar refractivity (Wildman–Crippen MR) is 58.6 cm³/mol. The molecule has 0 saturated carbocycles. The molecule has 4 nitrogen and oxygen atoms in total. The number of ether oxygens (including phenoxy) is 2. The molecule has 0 amide bonds. The summed E-state index contributed by atoms with van der Waals surface area (Å²) in [6.07, 6.45) is 1.89. The van der Waals surface area contributed by atoms with Crippen molar-refractivity contribution in [2.75, 3.05) is 19.8 Å². The van der Waals surface area contributed by atoms with E-state index in [1.807, 2.05) is 6.92 Å². The van der Waals surface area contributed by atoms with Crippen molar-refractivity contribution in [1.29, 1.82) is 0 Å². The highest BCUT2D eigenvalue weighted by molar-refractivity contribution is 4.75. The zero-order valence-corrected chi connectivity index (χ0v) is 10.0. The maximum absolute atomic E-state index is 9.58. The fourth-order valence-electron chi connectivity index (χ4n) is 1.17. The molecule has 0 bridgehead atoms. The van der Waals surface area contributed by atoms with Gasteiger partial charge in [0, 0.05) is 6.61 Å². The first-order valence-electron chi connectivity index (χ1n) is 5.69. The van der Waals surface area contributed by atoms with Gasteiger partial charge in [-0.3, -0.25) is 0 Å². The summed E-state index contributed by atoms with van der Waals surface area (Å²) in [4.78, 5) is 0. The van der Waals surface area contributed by atoms with E-state index in [0.717, 1.165) is 19.3 Å². The molecule has 2 unspecified atom stereocenters. The van der Waals surface area contributed by atoms with Gasteiger partial charge < -0.3 is 19.7 Å². The van der Waals surface area contributed by atoms with Crippen LogP contribution in [0.5, 0.6) is 0 Å². The zero-order chi connectivity index (χ0) is 11.7. The number of hydrogen-bond donors (Lipinski definition) is 2. The van der Waals surface area contributed by atoms with Crippen LogP contribution < -0.4 is 0 Å². The lowest BCUT2D eigenvalue weighted by Crippen LogP contribution is -2.49. The Balaban J connectivity index is 4.23. The summed E-state index contributed by atoms with van der Waals surface area (Å²) in [5, 5.41) is 18.8. The van der Waals surface area contributed by atoms with Crippen molar-refractivity contribution in [3.05, 3.63) is 0 Å². The minimum atomic E-state index is -1.24. The number of rotatable bonds is 9. The van der Waals surface area contributed by atoms with Crippen LogP contribution in [0, 0.1) is 0 Å². The third-order valence-corrected chi connectivity index (χ3v) is 2.25. The molecule has 2 atom stereocenters. The quantitative estimate of drug-likeness (QED) is 0.454. The Morgan fingerprint density at radius 2 is 1.73 bits per heavy atom. The maximum atomic E-state index is 9.58. The third kappa shape index (κ3) is 4.93. The lowest BCUT2D eigenvalue weighted by Gasteiger charge is -2.34. The fourth-order valence-corrected chi connectivity index (χ4v) is 1.17. The lowest BCUT2D eigenvalue weighted by atomic mass is 10.1. The molecule has 0 aliphatic heterocycles. The standard InChI is InChI=1S/C11H24O4/c1-4-6-8-15-11(9-12,10(3)13)14-7-5-2/h10,12-13H,4-9H2,1-3H3. The van der Waals surface area contributed by atoms with Crippen molar-refractivity contribution in [3.63, 3.8) is 0 Å². The van der Waals surface area contributed by atoms with Crippen LogP contribution in [0.3, 0.4) is 0 Å². The zero-order valence-electron chi connectivity index (χ0n) is 10.0. The molecule has 92 valence electrons. The van der Waals surface area contributed by atoms with Crippen molar-refractivity contribution in [1.82, 2.24) is 0 Å². The summed E-state index contributed by atoms with van der Waals surface area (Å²) in [5.41, 5.74) is 0. The smallest absolute Gasteiger partial charge is 0.218 e. The molecule has 0 saturated heterocycles. The van der Waals surface area contributed by atoms with Crippen LogP contribution in [0.4, 0.5) is 0 Å². The van der Waals surface area contributed by atoms with Crippen LogP contribution >= 0.6 is 0 Å². The van der Waals surface area contributed by atoms with Gasteiger partial charge in [-0.2, -0.15) is 0 Å². The van der Waals surface area contributed by atoms with Gasteiger partial charge in [0.25, 0.3) is 0 Å². The Morgan fingerprint density at radius 1 is 1.13 bits per heavy atom. The second kappa shape index (κ2) is 8.05. The summed E-state index contributed by atoms with van der Waals surface area (Å²) >= 11 is 0. The molecule has 0 heterocycles. The second-order valence-corrected chi connectivity index (χ2v) is 3.70. The molecular weight excluding hydrogens is 196 g/mol. The highest BCUT2D eigenvalue weighted by atomic mass is 16.7. The Hall–Kier alpha value is -0.160. The van der Waals surface area contributed by atoms with Gasteiger partial charge in [-0.15, -0.1) is 0 Å². The Morgan fingerprint density at radius 3 is 2.13 bits per heavy atom. The summed E-state index contributed by atoms with van der Waals surface area (Å²) in [7, 11) is 0. The van der Waals surface area contributed by atoms with E-state index in [1.54, 1.807) is 6.92 Å². The fraction of sp³-hybridized carbons (Fsp3) is 1.00. The van der Waals surface area contributed by atoms with Crippen molar-refractivity contribution >= 4 is 0 Å². The van der Waals surface area contributed by atoms with Crippen molar-refractivity contribution in [3.8, 4) is 0 Å². The number of hydrogen-bond acceptors (Lipinski definition) is 4. The van der Waals surface area contributed by atoms with E-state index in [2.05, 4.69) is 6.92 Å². The summed E-state index contributed by atoms with van der Waals surface area (Å²) in [6, 6.07) is 0. The molecule has 0 aromatic carbocycles. The summed E-state index contributed by atoms with van der Waals surface area (Å²) in [6.45, 7) is 6.23. The van der Waals surface area contributed by atoms with Crippen LogP contribution in [-0.4, -0.2) is 41.9 Å². The molecule has 4 heteroatoms. The number of aliphatic hydroxyl groups is 2. The minimum absolute atomic E-state index is 0.325. The molecule has 0 aromatic rings. The molecule has 0 rings (SSSR count). The van der Waals surface area contributed by atoms with Gasteiger partial charge in [0.15, 0.2) is 0 Å². The van der Waals surface area contributed by atoms with Crippen molar-refractivity contribution in [2.24, 2.45) is 0 Å². The number of unbranched alkanes of at least 4 members (excludes halogenated alkanes) is 1. The maximum Gasteiger partial charge on any atom is 0.218 e. The molecule has 2 N–H and O–H groups in total. The van der Waals surface area contributed by atoms with Crippen LogP contribution in [0.2, 0.25) is 0 Å². The Kier molecular flexibility index (Phi) is 7.96. The van der Waals surface area contributed by atoms with E-state index >= 15 is 0 Å². The van der Waals surface area contributed by atoms with Crippen molar-refractivity contribution in [2.45, 2.75) is 51.9 Å². The van der Waals surface area contributed by atoms with Gasteiger partial charge in [-0.1, -0.05) is 20.3 Å². The van der Waals surface area contributed by atoms with E-state index in [1.165, 1.54) is 0 Å². The van der Waals surface area contributed by atoms with E-state index in [0.29, 0.717) is 13.2 Å². The SMILES string of the molecule is CCCCOC(CO)(OCCC)C(C)O. The molecule has 0 aliphatic rings. The van der Waals surface area contributed by atoms with Crippen LogP contribution in [0.1, 0.15) is 40.0 Å². The van der Waals surface area contributed by atoms with Crippen LogP contribution in [-0.2, 0) is 9.47 Å². The molecular formula is C11H24O4. The first kappa shape index (κ1) is 14.8. The lowest BCUT2D eigenvalue weighted by molar-refractivity contribution is -0.294. The Labute approximate surface area is 92.2 Å². The first-order chi connectivity index (χ1) is 7.13. The third-order valence-electron chi connectivity index (χ3n) is 2.25. The van der Waals surface area contributed by atoms with Gasteiger partial charge in [-0.25, -0.2) is 0 Å². The Bertz CT molecular complexity index is 150. The van der Waals surface area contributed by atoms with E-state index < -0.39 is 11.9 Å². The highest BCUT2D eigenvalue weighted by Gasteiger charge is 2.36. The molecule has 0 aliphatic carbocycles. The van der Waals surface area contributed by atoms with E-state index in [9.17, 15) is 10.2 Å². The van der Waals surface area contributed by atoms with Gasteiger partial charge in [0.05, 0.1) is 13.2 Å². The van der Waals surface area contributed by atoms with Crippen LogP contribution in [0.15, 0.2) is 0 Å². The molecule has 0 fully saturated rings. The molecule has 0 radical (unpaired) electrons. The first-order valence-corrected chi connectivity index (χ1v) is 5.69. The van der Waals surface area contributed by atoms with Gasteiger partial charge in [-0.05, 0) is 19.8 Å². The van der Waals surface area contributed by atoms with Gasteiger partial charge in [0.2, 0.25) is 5.79 Å².